The summed E-state index contributed by atoms with van der Waals surface area (Å²) in [5.74, 6) is -1.81. The maximum absolute atomic E-state index is 12.1. The average Bonchev–Trinajstić information content (AvgIpc) is 2.77. The molecule has 7 nitrogen and oxygen atoms in total. The van der Waals surface area contributed by atoms with Crippen molar-refractivity contribution in [3.05, 3.63) is 94.0 Å². The zero-order chi connectivity index (χ0) is 22.2. The summed E-state index contributed by atoms with van der Waals surface area (Å²) in [5.41, 5.74) is 4.80. The molecule has 0 spiro atoms. The predicted octanol–water partition coefficient (Wildman–Crippen LogP) is 4.07. The molecule has 8 heteroatoms. The Kier molecular flexibility index (Phi) is 7.29. The summed E-state index contributed by atoms with van der Waals surface area (Å²) in [7, 11) is 0. The lowest BCUT2D eigenvalue weighted by molar-refractivity contribution is -0.136. The van der Waals surface area contributed by atoms with Crippen molar-refractivity contribution >= 4 is 45.6 Å². The number of carbonyl (C=O) groups is 3. The van der Waals surface area contributed by atoms with E-state index in [1.54, 1.807) is 60.7 Å². The van der Waals surface area contributed by atoms with E-state index in [0.29, 0.717) is 22.6 Å². The number of esters is 1. The summed E-state index contributed by atoms with van der Waals surface area (Å²) in [6.45, 7) is 1.94. The number of nitrogens with zero attached hydrogens (tertiary/aromatic N) is 1. The van der Waals surface area contributed by atoms with Crippen LogP contribution in [0.15, 0.2) is 82.4 Å². The molecule has 156 valence electrons. The number of carbonyl (C=O) groups excluding carboxylic acids is 3. The highest BCUT2D eigenvalue weighted by atomic mass is 79.9. The Bertz CT molecular complexity index is 1110. The van der Waals surface area contributed by atoms with Gasteiger partial charge in [-0.1, -0.05) is 33.6 Å². The molecule has 0 aliphatic rings. The Labute approximate surface area is 187 Å². The van der Waals surface area contributed by atoms with Crippen LogP contribution in [0.3, 0.4) is 0 Å². The number of hydrogen-bond donors (Lipinski definition) is 2. The molecule has 0 fully saturated rings. The normalized spacial score (nSPS) is 10.5. The maximum atomic E-state index is 12.1. The smallest absolute Gasteiger partial charge is 0.343 e. The molecule has 0 radical (unpaired) electrons. The van der Waals surface area contributed by atoms with Crippen LogP contribution in [-0.4, -0.2) is 24.0 Å². The Morgan fingerprint density at radius 1 is 0.871 bits per heavy atom. The maximum Gasteiger partial charge on any atom is 0.343 e. The first-order chi connectivity index (χ1) is 14.9. The lowest BCUT2D eigenvalue weighted by Crippen LogP contribution is -2.32. The number of hydrazone groups is 1. The third-order valence-electron chi connectivity index (χ3n) is 4.07. The molecule has 0 aliphatic carbocycles. The summed E-state index contributed by atoms with van der Waals surface area (Å²) in [6, 6.07) is 20.4. The first kappa shape index (κ1) is 21.9. The number of hydrogen-bond acceptors (Lipinski definition) is 5. The van der Waals surface area contributed by atoms with Crippen molar-refractivity contribution in [1.29, 1.82) is 0 Å². The molecule has 0 aromatic heterocycles. The molecule has 3 aromatic carbocycles. The Hall–Kier alpha value is -3.78. The molecule has 0 atom stereocenters. The molecule has 0 bridgehead atoms. The monoisotopic (exact) mass is 479 g/mol. The van der Waals surface area contributed by atoms with Crippen molar-refractivity contribution in [2.45, 2.75) is 6.92 Å². The zero-order valence-corrected chi connectivity index (χ0v) is 18.0. The highest BCUT2D eigenvalue weighted by Gasteiger charge is 2.12. The van der Waals surface area contributed by atoms with Crippen molar-refractivity contribution in [1.82, 2.24) is 5.43 Å². The van der Waals surface area contributed by atoms with Crippen LogP contribution in [-0.2, 0) is 9.59 Å². The summed E-state index contributed by atoms with van der Waals surface area (Å²) >= 11 is 3.29. The van der Waals surface area contributed by atoms with Gasteiger partial charge in [-0.2, -0.15) is 5.10 Å². The number of anilines is 1. The minimum absolute atomic E-state index is 0.376. The zero-order valence-electron chi connectivity index (χ0n) is 16.5. The highest BCUT2D eigenvalue weighted by Crippen LogP contribution is 2.15. The van der Waals surface area contributed by atoms with Gasteiger partial charge in [0.25, 0.3) is 0 Å². The second-order valence-electron chi connectivity index (χ2n) is 6.48. The van der Waals surface area contributed by atoms with Crippen LogP contribution in [0.2, 0.25) is 0 Å². The van der Waals surface area contributed by atoms with Gasteiger partial charge in [-0.05, 0) is 73.2 Å². The number of halogens is 1. The third kappa shape index (κ3) is 6.61. The Morgan fingerprint density at radius 3 is 2.16 bits per heavy atom. The van der Waals surface area contributed by atoms with Gasteiger partial charge in [0.15, 0.2) is 0 Å². The van der Waals surface area contributed by atoms with Crippen LogP contribution in [0, 0.1) is 6.92 Å². The quantitative estimate of drug-likeness (QED) is 0.189. The molecule has 0 aliphatic heterocycles. The van der Waals surface area contributed by atoms with Gasteiger partial charge in [0.2, 0.25) is 0 Å². The van der Waals surface area contributed by atoms with Gasteiger partial charge >= 0.3 is 17.8 Å². The van der Waals surface area contributed by atoms with E-state index in [9.17, 15) is 14.4 Å². The number of ether oxygens (including phenoxy) is 1. The Balaban J connectivity index is 1.50. The third-order valence-corrected chi connectivity index (χ3v) is 4.59. The molecule has 2 amide bonds. The SMILES string of the molecule is Cc1ccc(C(=O)Oc2ccc(/C=N\NC(=O)C(=O)Nc3ccc(Br)cc3)cc2)cc1. The van der Waals surface area contributed by atoms with Gasteiger partial charge in [0, 0.05) is 10.2 Å². The van der Waals surface area contributed by atoms with Gasteiger partial charge in [-0.25, -0.2) is 10.2 Å². The topological polar surface area (TPSA) is 96.9 Å². The fourth-order valence-corrected chi connectivity index (χ4v) is 2.68. The van der Waals surface area contributed by atoms with Gasteiger partial charge in [-0.3, -0.25) is 9.59 Å². The van der Waals surface area contributed by atoms with E-state index in [2.05, 4.69) is 31.8 Å². The lowest BCUT2D eigenvalue weighted by atomic mass is 10.1. The van der Waals surface area contributed by atoms with Crippen molar-refractivity contribution in [2.75, 3.05) is 5.32 Å². The first-order valence-corrected chi connectivity index (χ1v) is 9.99. The van der Waals surface area contributed by atoms with E-state index < -0.39 is 17.8 Å². The van der Waals surface area contributed by atoms with Gasteiger partial charge in [0.1, 0.15) is 5.75 Å². The van der Waals surface area contributed by atoms with Crippen LogP contribution in [0.25, 0.3) is 0 Å². The van der Waals surface area contributed by atoms with Crippen LogP contribution >= 0.6 is 15.9 Å². The molecule has 0 saturated carbocycles. The number of benzene rings is 3. The lowest BCUT2D eigenvalue weighted by Gasteiger charge is -2.05. The molecule has 0 unspecified atom stereocenters. The second-order valence-corrected chi connectivity index (χ2v) is 7.40. The minimum Gasteiger partial charge on any atom is -0.423 e. The van der Waals surface area contributed by atoms with Crippen molar-refractivity contribution < 1.29 is 19.1 Å². The largest absolute Gasteiger partial charge is 0.423 e. The standard InChI is InChI=1S/C23H18BrN3O4/c1-15-2-6-17(7-3-15)23(30)31-20-12-4-16(5-13-20)14-25-27-22(29)21(28)26-19-10-8-18(24)9-11-19/h2-14H,1H3,(H,26,28)(H,27,29)/b25-14-. The highest BCUT2D eigenvalue weighted by molar-refractivity contribution is 9.10. The summed E-state index contributed by atoms with van der Waals surface area (Å²) in [4.78, 5) is 35.8. The van der Waals surface area contributed by atoms with Gasteiger partial charge < -0.3 is 10.1 Å². The average molecular weight is 480 g/mol. The molecule has 3 rings (SSSR count). The molecular weight excluding hydrogens is 462 g/mol. The van der Waals surface area contributed by atoms with E-state index in [0.717, 1.165) is 10.0 Å². The fraction of sp³-hybridized carbons (Fsp3) is 0.0435. The fourth-order valence-electron chi connectivity index (χ4n) is 2.41. The van der Waals surface area contributed by atoms with E-state index in [1.807, 2.05) is 19.1 Å². The number of rotatable bonds is 5. The number of nitrogens with one attached hydrogen (secondary N) is 2. The van der Waals surface area contributed by atoms with Crippen molar-refractivity contribution in [3.63, 3.8) is 0 Å². The van der Waals surface area contributed by atoms with Crippen molar-refractivity contribution in [3.8, 4) is 5.75 Å². The van der Waals surface area contributed by atoms with E-state index in [1.165, 1.54) is 6.21 Å². The summed E-state index contributed by atoms with van der Waals surface area (Å²) < 4.78 is 6.18. The number of amides is 2. The molecule has 31 heavy (non-hydrogen) atoms. The number of aryl methyl sites for hydroxylation is 1. The van der Waals surface area contributed by atoms with Crippen LogP contribution in [0.4, 0.5) is 5.69 Å². The van der Waals surface area contributed by atoms with E-state index in [4.69, 9.17) is 4.74 Å². The second kappa shape index (κ2) is 10.3. The molecular formula is C23H18BrN3O4. The molecule has 0 saturated heterocycles. The van der Waals surface area contributed by atoms with Crippen molar-refractivity contribution in [2.24, 2.45) is 5.10 Å². The van der Waals surface area contributed by atoms with Gasteiger partial charge in [-0.15, -0.1) is 0 Å². The van der Waals surface area contributed by atoms with Crippen LogP contribution < -0.4 is 15.5 Å². The molecule has 2 N–H and O–H groups in total. The van der Waals surface area contributed by atoms with Gasteiger partial charge in [0.05, 0.1) is 11.8 Å². The van der Waals surface area contributed by atoms with E-state index in [-0.39, 0.29) is 0 Å². The molecule has 3 aromatic rings. The predicted molar refractivity (Wildman–Crippen MR) is 121 cm³/mol. The summed E-state index contributed by atoms with van der Waals surface area (Å²) in [5, 5.41) is 6.23. The van der Waals surface area contributed by atoms with E-state index >= 15 is 0 Å². The Morgan fingerprint density at radius 2 is 1.52 bits per heavy atom. The van der Waals surface area contributed by atoms with Crippen LogP contribution in [0.5, 0.6) is 5.75 Å². The minimum atomic E-state index is -0.900. The summed E-state index contributed by atoms with van der Waals surface area (Å²) in [6.07, 6.45) is 1.37. The first-order valence-electron chi connectivity index (χ1n) is 9.19. The van der Waals surface area contributed by atoms with Crippen LogP contribution in [0.1, 0.15) is 21.5 Å². The molecule has 0 heterocycles.